The second kappa shape index (κ2) is 8.24. The standard InChI is InChI=1S/C18H26FN3O2/c1-13(2)16-11-21(12-17(23)20-3)9-8-18(24)22(16)10-14-4-6-15(19)7-5-14/h4-7,13,16H,8-12H2,1-3H3,(H,20,23)/t16-/m1/s1. The van der Waals surface area contributed by atoms with Crippen molar-refractivity contribution in [2.24, 2.45) is 5.92 Å². The minimum absolute atomic E-state index is 0.0229. The van der Waals surface area contributed by atoms with Crippen molar-refractivity contribution in [1.82, 2.24) is 15.1 Å². The van der Waals surface area contributed by atoms with Crippen LogP contribution in [0.1, 0.15) is 25.8 Å². The van der Waals surface area contributed by atoms with Crippen molar-refractivity contribution in [3.05, 3.63) is 35.6 Å². The molecule has 0 unspecified atom stereocenters. The molecule has 0 aromatic heterocycles. The molecule has 0 radical (unpaired) electrons. The normalized spacial score (nSPS) is 19.5. The van der Waals surface area contributed by atoms with Crippen molar-refractivity contribution in [3.8, 4) is 0 Å². The smallest absolute Gasteiger partial charge is 0.233 e. The number of hydrogen-bond acceptors (Lipinski definition) is 3. The predicted octanol–water partition coefficient (Wildman–Crippen LogP) is 1.63. The number of halogens is 1. The fourth-order valence-corrected chi connectivity index (χ4v) is 3.03. The van der Waals surface area contributed by atoms with E-state index in [0.29, 0.717) is 32.6 Å². The largest absolute Gasteiger partial charge is 0.358 e. The van der Waals surface area contributed by atoms with Gasteiger partial charge < -0.3 is 10.2 Å². The molecule has 5 nitrogen and oxygen atoms in total. The van der Waals surface area contributed by atoms with E-state index in [-0.39, 0.29) is 29.6 Å². The summed E-state index contributed by atoms with van der Waals surface area (Å²) in [6.07, 6.45) is 0.390. The van der Waals surface area contributed by atoms with Gasteiger partial charge >= 0.3 is 0 Å². The summed E-state index contributed by atoms with van der Waals surface area (Å²) in [5.41, 5.74) is 0.912. The van der Waals surface area contributed by atoms with Gasteiger partial charge in [0, 0.05) is 39.1 Å². The first-order valence-corrected chi connectivity index (χ1v) is 8.37. The Morgan fingerprint density at radius 2 is 2.00 bits per heavy atom. The predicted molar refractivity (Wildman–Crippen MR) is 90.7 cm³/mol. The fourth-order valence-electron chi connectivity index (χ4n) is 3.03. The minimum atomic E-state index is -0.280. The molecule has 2 rings (SSSR count). The van der Waals surface area contributed by atoms with Gasteiger partial charge in [-0.2, -0.15) is 0 Å². The van der Waals surface area contributed by atoms with Crippen molar-refractivity contribution < 1.29 is 14.0 Å². The molecular weight excluding hydrogens is 309 g/mol. The molecule has 0 saturated carbocycles. The van der Waals surface area contributed by atoms with Crippen LogP contribution in [-0.4, -0.2) is 54.3 Å². The Kier molecular flexibility index (Phi) is 6.31. The molecule has 0 bridgehead atoms. The molecule has 1 N–H and O–H groups in total. The molecule has 1 fully saturated rings. The van der Waals surface area contributed by atoms with Gasteiger partial charge in [0.25, 0.3) is 0 Å². The van der Waals surface area contributed by atoms with Crippen molar-refractivity contribution in [2.45, 2.75) is 32.9 Å². The Labute approximate surface area is 142 Å². The molecule has 1 atom stereocenters. The molecule has 1 aliphatic rings. The van der Waals surface area contributed by atoms with Crippen LogP contribution < -0.4 is 5.32 Å². The van der Waals surface area contributed by atoms with E-state index in [9.17, 15) is 14.0 Å². The molecule has 24 heavy (non-hydrogen) atoms. The zero-order valence-electron chi connectivity index (χ0n) is 14.6. The third-order valence-corrected chi connectivity index (χ3v) is 4.49. The van der Waals surface area contributed by atoms with E-state index in [0.717, 1.165) is 5.56 Å². The van der Waals surface area contributed by atoms with E-state index in [1.165, 1.54) is 12.1 Å². The van der Waals surface area contributed by atoms with Crippen LogP contribution in [0.15, 0.2) is 24.3 Å². The van der Waals surface area contributed by atoms with Gasteiger partial charge in [-0.15, -0.1) is 0 Å². The molecule has 1 heterocycles. The molecule has 1 aromatic carbocycles. The average molecular weight is 335 g/mol. The number of hydrogen-bond donors (Lipinski definition) is 1. The average Bonchev–Trinajstić information content (AvgIpc) is 2.70. The van der Waals surface area contributed by atoms with Crippen molar-refractivity contribution in [1.29, 1.82) is 0 Å². The minimum Gasteiger partial charge on any atom is -0.358 e. The van der Waals surface area contributed by atoms with Crippen LogP contribution in [0.5, 0.6) is 0 Å². The third-order valence-electron chi connectivity index (χ3n) is 4.49. The summed E-state index contributed by atoms with van der Waals surface area (Å²) in [4.78, 5) is 28.2. The molecule has 2 amide bonds. The Balaban J connectivity index is 2.16. The van der Waals surface area contributed by atoms with Gasteiger partial charge in [-0.1, -0.05) is 26.0 Å². The summed E-state index contributed by atoms with van der Waals surface area (Å²) in [5.74, 6) is 0.0205. The number of likely N-dealkylation sites (N-methyl/N-ethyl adjacent to an activating group) is 1. The van der Waals surface area contributed by atoms with Crippen LogP contribution in [0.4, 0.5) is 4.39 Å². The lowest BCUT2D eigenvalue weighted by Gasteiger charge is -2.34. The molecule has 1 aliphatic heterocycles. The SMILES string of the molecule is CNC(=O)CN1CCC(=O)N(Cc2ccc(F)cc2)[C@@H](C(C)C)C1. The second-order valence-electron chi connectivity index (χ2n) is 6.62. The van der Waals surface area contributed by atoms with E-state index in [1.807, 2.05) is 9.80 Å². The number of nitrogens with one attached hydrogen (secondary N) is 1. The van der Waals surface area contributed by atoms with Gasteiger partial charge in [-0.3, -0.25) is 14.5 Å². The highest BCUT2D eigenvalue weighted by Gasteiger charge is 2.32. The number of benzene rings is 1. The number of amides is 2. The van der Waals surface area contributed by atoms with E-state index in [1.54, 1.807) is 19.2 Å². The maximum Gasteiger partial charge on any atom is 0.233 e. The molecule has 132 valence electrons. The summed E-state index contributed by atoms with van der Waals surface area (Å²) in [6.45, 7) is 6.18. The van der Waals surface area contributed by atoms with Gasteiger partial charge in [0.1, 0.15) is 5.82 Å². The molecular formula is C18H26FN3O2. The first kappa shape index (κ1) is 18.4. The highest BCUT2D eigenvalue weighted by atomic mass is 19.1. The first-order valence-electron chi connectivity index (χ1n) is 8.37. The topological polar surface area (TPSA) is 52.7 Å². The van der Waals surface area contributed by atoms with E-state index in [2.05, 4.69) is 19.2 Å². The van der Waals surface area contributed by atoms with Gasteiger partial charge in [0.15, 0.2) is 0 Å². The zero-order chi connectivity index (χ0) is 17.7. The first-order chi connectivity index (χ1) is 11.4. The van der Waals surface area contributed by atoms with E-state index in [4.69, 9.17) is 0 Å². The number of carbonyl (C=O) groups excluding carboxylic acids is 2. The lowest BCUT2D eigenvalue weighted by Crippen LogP contribution is -2.47. The van der Waals surface area contributed by atoms with Crippen LogP contribution in [0.25, 0.3) is 0 Å². The van der Waals surface area contributed by atoms with E-state index >= 15 is 0 Å². The summed E-state index contributed by atoms with van der Waals surface area (Å²) in [6, 6.07) is 6.29. The number of rotatable bonds is 5. The molecule has 1 saturated heterocycles. The maximum atomic E-state index is 13.1. The van der Waals surface area contributed by atoms with Crippen LogP contribution in [0.2, 0.25) is 0 Å². The summed E-state index contributed by atoms with van der Waals surface area (Å²) < 4.78 is 13.1. The quantitative estimate of drug-likeness (QED) is 0.890. The Morgan fingerprint density at radius 3 is 2.58 bits per heavy atom. The van der Waals surface area contributed by atoms with Gasteiger partial charge in [-0.05, 0) is 23.6 Å². The summed E-state index contributed by atoms with van der Waals surface area (Å²) in [5, 5.41) is 2.63. The second-order valence-corrected chi connectivity index (χ2v) is 6.62. The van der Waals surface area contributed by atoms with Crippen molar-refractivity contribution >= 4 is 11.8 Å². The van der Waals surface area contributed by atoms with Crippen molar-refractivity contribution in [3.63, 3.8) is 0 Å². The number of nitrogens with zero attached hydrogens (tertiary/aromatic N) is 2. The highest BCUT2D eigenvalue weighted by molar-refractivity contribution is 5.79. The Bertz CT molecular complexity index is 574. The van der Waals surface area contributed by atoms with Crippen LogP contribution in [0.3, 0.4) is 0 Å². The van der Waals surface area contributed by atoms with Gasteiger partial charge in [-0.25, -0.2) is 4.39 Å². The number of carbonyl (C=O) groups is 2. The molecule has 0 aliphatic carbocycles. The fraction of sp³-hybridized carbons (Fsp3) is 0.556. The lowest BCUT2D eigenvalue weighted by molar-refractivity contribution is -0.134. The monoisotopic (exact) mass is 335 g/mol. The third kappa shape index (κ3) is 4.77. The Hall–Kier alpha value is -1.95. The van der Waals surface area contributed by atoms with Crippen LogP contribution >= 0.6 is 0 Å². The molecule has 6 heteroatoms. The van der Waals surface area contributed by atoms with E-state index < -0.39 is 0 Å². The highest BCUT2D eigenvalue weighted by Crippen LogP contribution is 2.21. The summed E-state index contributed by atoms with van der Waals surface area (Å²) in [7, 11) is 1.62. The van der Waals surface area contributed by atoms with Crippen LogP contribution in [0, 0.1) is 11.7 Å². The summed E-state index contributed by atoms with van der Waals surface area (Å²) >= 11 is 0. The zero-order valence-corrected chi connectivity index (χ0v) is 14.6. The maximum absolute atomic E-state index is 13.1. The molecule has 1 aromatic rings. The van der Waals surface area contributed by atoms with Crippen LogP contribution in [-0.2, 0) is 16.1 Å². The van der Waals surface area contributed by atoms with Crippen molar-refractivity contribution in [2.75, 3.05) is 26.7 Å². The molecule has 0 spiro atoms. The van der Waals surface area contributed by atoms with Gasteiger partial charge in [0.2, 0.25) is 11.8 Å². The lowest BCUT2D eigenvalue weighted by atomic mass is 10.0. The van der Waals surface area contributed by atoms with Gasteiger partial charge in [0.05, 0.1) is 6.54 Å². The Morgan fingerprint density at radius 1 is 1.33 bits per heavy atom.